The van der Waals surface area contributed by atoms with Gasteiger partial charge in [0.05, 0.1) is 11.5 Å². The summed E-state index contributed by atoms with van der Waals surface area (Å²) in [6.07, 6.45) is 8.95. The molecule has 0 aliphatic rings. The molecular formula is C16H25NO4. The number of aliphatic carboxylic acids is 1. The zero-order valence-corrected chi connectivity index (χ0v) is 12.8. The van der Waals surface area contributed by atoms with E-state index in [9.17, 15) is 9.59 Å². The van der Waals surface area contributed by atoms with Crippen LogP contribution in [0, 0.1) is 5.92 Å². The number of carboxylic acids is 2. The second-order valence-corrected chi connectivity index (χ2v) is 4.86. The molecule has 0 saturated heterocycles. The van der Waals surface area contributed by atoms with Gasteiger partial charge in [0.1, 0.15) is 0 Å². The molecule has 2 N–H and O–H groups in total. The second kappa shape index (κ2) is 11.9. The molecule has 21 heavy (non-hydrogen) atoms. The number of unbranched alkanes of at least 4 members (excludes halogenated alkanes) is 2. The maximum Gasteiger partial charge on any atom is 0.335 e. The van der Waals surface area contributed by atoms with E-state index in [1.54, 1.807) is 0 Å². The third-order valence-electron chi connectivity index (χ3n) is 3.07. The summed E-state index contributed by atoms with van der Waals surface area (Å²) in [6, 6.07) is 2.89. The molecule has 1 aromatic rings. The van der Waals surface area contributed by atoms with Crippen molar-refractivity contribution in [1.29, 1.82) is 0 Å². The minimum atomic E-state index is -0.919. The first-order chi connectivity index (χ1) is 10.0. The van der Waals surface area contributed by atoms with Crippen LogP contribution < -0.4 is 0 Å². The number of pyridine rings is 1. The van der Waals surface area contributed by atoms with E-state index in [1.807, 2.05) is 6.92 Å². The number of carboxylic acid groups (broad SMARTS) is 2. The molecule has 0 fully saturated rings. The fourth-order valence-electron chi connectivity index (χ4n) is 1.87. The van der Waals surface area contributed by atoms with Crippen LogP contribution in [0.3, 0.4) is 0 Å². The standard InChI is InChI=1S/C10H20O2.C6H5NO2/c1-3-5-6-8-9(7-4-2)10(11)12;8-6(9)5-1-3-7-4-2-5/h9H,3-8H2,1-2H3,(H,11,12);1-4H,(H,8,9). The number of hydrogen-bond acceptors (Lipinski definition) is 3. The van der Waals surface area contributed by atoms with E-state index in [2.05, 4.69) is 11.9 Å². The Morgan fingerprint density at radius 3 is 2.05 bits per heavy atom. The molecule has 1 rings (SSSR count). The molecule has 0 aromatic carbocycles. The Bertz CT molecular complexity index is 406. The molecule has 1 unspecified atom stereocenters. The van der Waals surface area contributed by atoms with Crippen LogP contribution in [0.5, 0.6) is 0 Å². The predicted molar refractivity (Wildman–Crippen MR) is 81.4 cm³/mol. The van der Waals surface area contributed by atoms with Gasteiger partial charge in [0, 0.05) is 12.4 Å². The largest absolute Gasteiger partial charge is 0.481 e. The van der Waals surface area contributed by atoms with E-state index in [-0.39, 0.29) is 11.5 Å². The van der Waals surface area contributed by atoms with Crippen molar-refractivity contribution in [3.05, 3.63) is 30.1 Å². The van der Waals surface area contributed by atoms with Gasteiger partial charge in [-0.3, -0.25) is 9.78 Å². The van der Waals surface area contributed by atoms with Crippen LogP contribution in [-0.4, -0.2) is 27.1 Å². The van der Waals surface area contributed by atoms with Crippen molar-refractivity contribution in [2.24, 2.45) is 5.92 Å². The fourth-order valence-corrected chi connectivity index (χ4v) is 1.87. The average molecular weight is 295 g/mol. The maximum absolute atomic E-state index is 10.7. The molecular weight excluding hydrogens is 270 g/mol. The molecule has 1 aromatic heterocycles. The van der Waals surface area contributed by atoms with E-state index in [0.29, 0.717) is 0 Å². The van der Waals surface area contributed by atoms with E-state index < -0.39 is 11.9 Å². The first-order valence-corrected chi connectivity index (χ1v) is 7.39. The third kappa shape index (κ3) is 9.60. The van der Waals surface area contributed by atoms with Gasteiger partial charge in [-0.1, -0.05) is 39.5 Å². The Morgan fingerprint density at radius 2 is 1.67 bits per heavy atom. The molecule has 5 heteroatoms. The summed E-state index contributed by atoms with van der Waals surface area (Å²) < 4.78 is 0. The highest BCUT2D eigenvalue weighted by atomic mass is 16.4. The SMILES string of the molecule is CCCCCC(CCC)C(=O)O.O=C(O)c1ccncc1. The van der Waals surface area contributed by atoms with Gasteiger partial charge in [0.15, 0.2) is 0 Å². The zero-order valence-electron chi connectivity index (χ0n) is 12.8. The van der Waals surface area contributed by atoms with Crippen LogP contribution in [-0.2, 0) is 4.79 Å². The Labute approximate surface area is 126 Å². The predicted octanol–water partition coefficient (Wildman–Crippen LogP) is 3.85. The van der Waals surface area contributed by atoms with Crippen molar-refractivity contribution in [3.8, 4) is 0 Å². The molecule has 0 saturated carbocycles. The van der Waals surface area contributed by atoms with Crippen LogP contribution in [0.1, 0.15) is 62.7 Å². The third-order valence-corrected chi connectivity index (χ3v) is 3.07. The van der Waals surface area contributed by atoms with Crippen molar-refractivity contribution >= 4 is 11.9 Å². The lowest BCUT2D eigenvalue weighted by Gasteiger charge is -2.09. The van der Waals surface area contributed by atoms with Gasteiger partial charge >= 0.3 is 11.9 Å². The first kappa shape index (κ1) is 19.1. The lowest BCUT2D eigenvalue weighted by atomic mass is 9.97. The van der Waals surface area contributed by atoms with Crippen molar-refractivity contribution in [2.45, 2.75) is 52.4 Å². The van der Waals surface area contributed by atoms with Gasteiger partial charge in [-0.15, -0.1) is 0 Å². The Hall–Kier alpha value is -1.91. The van der Waals surface area contributed by atoms with Crippen LogP contribution in [0.15, 0.2) is 24.5 Å². The van der Waals surface area contributed by atoms with Gasteiger partial charge in [0.25, 0.3) is 0 Å². The lowest BCUT2D eigenvalue weighted by molar-refractivity contribution is -0.142. The number of rotatable bonds is 8. The summed E-state index contributed by atoms with van der Waals surface area (Å²) in [7, 11) is 0. The Balaban J connectivity index is 0.000000394. The van der Waals surface area contributed by atoms with Gasteiger partial charge in [-0.05, 0) is 25.0 Å². The van der Waals surface area contributed by atoms with Gasteiger partial charge in [-0.2, -0.15) is 0 Å². The van der Waals surface area contributed by atoms with Gasteiger partial charge < -0.3 is 10.2 Å². The minimum Gasteiger partial charge on any atom is -0.481 e. The number of aromatic nitrogens is 1. The summed E-state index contributed by atoms with van der Waals surface area (Å²) in [5.74, 6) is -1.63. The van der Waals surface area contributed by atoms with Crippen LogP contribution in [0.4, 0.5) is 0 Å². The van der Waals surface area contributed by atoms with E-state index in [0.717, 1.165) is 32.1 Å². The van der Waals surface area contributed by atoms with Gasteiger partial charge in [0.2, 0.25) is 0 Å². The molecule has 0 aliphatic heterocycles. The zero-order chi connectivity index (χ0) is 16.1. The van der Waals surface area contributed by atoms with Gasteiger partial charge in [-0.25, -0.2) is 4.79 Å². The maximum atomic E-state index is 10.7. The van der Waals surface area contributed by atoms with Crippen LogP contribution in [0.25, 0.3) is 0 Å². The quantitative estimate of drug-likeness (QED) is 0.711. The molecule has 5 nitrogen and oxygen atoms in total. The second-order valence-electron chi connectivity index (χ2n) is 4.86. The highest BCUT2D eigenvalue weighted by Crippen LogP contribution is 2.15. The summed E-state index contributed by atoms with van der Waals surface area (Å²) in [5.41, 5.74) is 0.269. The number of nitrogens with zero attached hydrogens (tertiary/aromatic N) is 1. The summed E-state index contributed by atoms with van der Waals surface area (Å²) in [5, 5.41) is 17.2. The molecule has 0 aliphatic carbocycles. The average Bonchev–Trinajstić information content (AvgIpc) is 2.48. The Kier molecular flexibility index (Phi) is 10.8. The highest BCUT2D eigenvalue weighted by Gasteiger charge is 2.14. The lowest BCUT2D eigenvalue weighted by Crippen LogP contribution is -2.13. The minimum absolute atomic E-state index is 0.0958. The molecule has 0 bridgehead atoms. The topological polar surface area (TPSA) is 87.5 Å². The Morgan fingerprint density at radius 1 is 1.05 bits per heavy atom. The van der Waals surface area contributed by atoms with E-state index in [1.165, 1.54) is 30.9 Å². The first-order valence-electron chi connectivity index (χ1n) is 7.39. The molecule has 0 amide bonds. The number of carbonyl (C=O) groups is 2. The van der Waals surface area contributed by atoms with Crippen molar-refractivity contribution in [1.82, 2.24) is 4.98 Å². The summed E-state index contributed by atoms with van der Waals surface area (Å²) in [4.78, 5) is 24.5. The van der Waals surface area contributed by atoms with Crippen LogP contribution >= 0.6 is 0 Å². The molecule has 118 valence electrons. The highest BCUT2D eigenvalue weighted by molar-refractivity contribution is 5.87. The van der Waals surface area contributed by atoms with E-state index in [4.69, 9.17) is 10.2 Å². The number of hydrogen-bond donors (Lipinski definition) is 2. The smallest absolute Gasteiger partial charge is 0.335 e. The van der Waals surface area contributed by atoms with Crippen LogP contribution in [0.2, 0.25) is 0 Å². The van der Waals surface area contributed by atoms with Crippen molar-refractivity contribution in [3.63, 3.8) is 0 Å². The van der Waals surface area contributed by atoms with Crippen molar-refractivity contribution in [2.75, 3.05) is 0 Å². The normalized spacial score (nSPS) is 11.1. The molecule has 0 radical (unpaired) electrons. The van der Waals surface area contributed by atoms with Crippen molar-refractivity contribution < 1.29 is 19.8 Å². The summed E-state index contributed by atoms with van der Waals surface area (Å²) in [6.45, 7) is 4.17. The fraction of sp³-hybridized carbons (Fsp3) is 0.562. The molecule has 1 atom stereocenters. The number of aromatic carboxylic acids is 1. The molecule has 0 spiro atoms. The monoisotopic (exact) mass is 295 g/mol. The summed E-state index contributed by atoms with van der Waals surface area (Å²) >= 11 is 0. The van der Waals surface area contributed by atoms with E-state index >= 15 is 0 Å². The molecule has 1 heterocycles.